The molecule has 0 saturated carbocycles. The number of aliphatic hydroxyl groups is 1. The molecule has 17 heavy (non-hydrogen) atoms. The molecule has 0 aromatic carbocycles. The number of carbonyl (C=O) groups excluding carboxylic acids is 1. The van der Waals surface area contributed by atoms with Crippen molar-refractivity contribution in [2.45, 2.75) is 25.5 Å². The van der Waals surface area contributed by atoms with Gasteiger partial charge in [0, 0.05) is 13.1 Å². The fourth-order valence-electron chi connectivity index (χ4n) is 1.86. The van der Waals surface area contributed by atoms with Gasteiger partial charge >= 0.3 is 6.03 Å². The van der Waals surface area contributed by atoms with Crippen molar-refractivity contribution in [3.63, 3.8) is 0 Å². The van der Waals surface area contributed by atoms with Gasteiger partial charge in [-0.05, 0) is 13.3 Å². The number of amides is 2. The van der Waals surface area contributed by atoms with Crippen LogP contribution in [0.15, 0.2) is 12.7 Å². The predicted molar refractivity (Wildman–Crippen MR) is 64.1 cm³/mol. The molecule has 6 heteroatoms. The van der Waals surface area contributed by atoms with Gasteiger partial charge in [-0.3, -0.25) is 5.01 Å². The Hall–Kier alpha value is -1.11. The molecule has 2 unspecified atom stereocenters. The van der Waals surface area contributed by atoms with Crippen LogP contribution in [0.5, 0.6) is 0 Å². The minimum absolute atomic E-state index is 0.148. The third-order valence-electron chi connectivity index (χ3n) is 2.79. The summed E-state index contributed by atoms with van der Waals surface area (Å²) in [5, 5.41) is 10.9. The van der Waals surface area contributed by atoms with Crippen molar-refractivity contribution >= 4 is 6.03 Å². The van der Waals surface area contributed by atoms with Crippen LogP contribution in [0.25, 0.3) is 0 Å². The Kier molecular flexibility index (Phi) is 5.40. The van der Waals surface area contributed by atoms with E-state index in [1.54, 1.807) is 11.0 Å². The molecule has 0 radical (unpaired) electrons. The average molecular weight is 243 g/mol. The van der Waals surface area contributed by atoms with Crippen molar-refractivity contribution < 1.29 is 14.6 Å². The molecule has 0 aromatic rings. The Morgan fingerprint density at radius 1 is 1.76 bits per heavy atom. The van der Waals surface area contributed by atoms with E-state index >= 15 is 0 Å². The molecule has 2 amide bonds. The maximum absolute atomic E-state index is 11.6. The standard InChI is InChI=1S/C11H21N3O3/c1-3-5-17-8-10(15)6-9-7-13(4-2)11(16)14(9)12/h3,9-10,15H,1,4-8,12H2,2H3. The summed E-state index contributed by atoms with van der Waals surface area (Å²) in [5.74, 6) is 5.67. The number of hydrazine groups is 1. The molecule has 0 aromatic heterocycles. The van der Waals surface area contributed by atoms with Crippen molar-refractivity contribution in [3.05, 3.63) is 12.7 Å². The number of hydrogen-bond donors (Lipinski definition) is 2. The highest BCUT2D eigenvalue weighted by Crippen LogP contribution is 2.16. The van der Waals surface area contributed by atoms with E-state index in [9.17, 15) is 9.90 Å². The predicted octanol–water partition coefficient (Wildman–Crippen LogP) is -0.0602. The highest BCUT2D eigenvalue weighted by Gasteiger charge is 2.35. The van der Waals surface area contributed by atoms with Gasteiger partial charge in [-0.1, -0.05) is 6.08 Å². The van der Waals surface area contributed by atoms with E-state index in [0.29, 0.717) is 26.1 Å². The van der Waals surface area contributed by atoms with Gasteiger partial charge in [-0.15, -0.1) is 6.58 Å². The van der Waals surface area contributed by atoms with Crippen molar-refractivity contribution in [2.24, 2.45) is 5.84 Å². The third kappa shape index (κ3) is 3.69. The van der Waals surface area contributed by atoms with E-state index in [2.05, 4.69) is 6.58 Å². The second kappa shape index (κ2) is 6.58. The first-order chi connectivity index (χ1) is 8.10. The van der Waals surface area contributed by atoms with Crippen LogP contribution in [-0.4, -0.2) is 59.5 Å². The van der Waals surface area contributed by atoms with Crippen LogP contribution >= 0.6 is 0 Å². The van der Waals surface area contributed by atoms with E-state index in [-0.39, 0.29) is 18.7 Å². The first-order valence-electron chi connectivity index (χ1n) is 5.79. The second-order valence-corrected chi connectivity index (χ2v) is 4.10. The molecule has 1 aliphatic rings. The molecule has 0 spiro atoms. The van der Waals surface area contributed by atoms with Gasteiger partial charge in [-0.2, -0.15) is 0 Å². The van der Waals surface area contributed by atoms with Crippen LogP contribution in [0.2, 0.25) is 0 Å². The summed E-state index contributed by atoms with van der Waals surface area (Å²) in [7, 11) is 0. The molecule has 2 atom stereocenters. The number of carbonyl (C=O) groups is 1. The fourth-order valence-corrected chi connectivity index (χ4v) is 1.86. The number of aliphatic hydroxyl groups excluding tert-OH is 1. The first-order valence-corrected chi connectivity index (χ1v) is 5.79. The number of nitrogens with two attached hydrogens (primary N) is 1. The lowest BCUT2D eigenvalue weighted by Crippen LogP contribution is -2.42. The lowest BCUT2D eigenvalue weighted by atomic mass is 10.1. The Bertz CT molecular complexity index is 273. The van der Waals surface area contributed by atoms with Crippen LogP contribution < -0.4 is 5.84 Å². The molecular formula is C11H21N3O3. The van der Waals surface area contributed by atoms with E-state index in [0.717, 1.165) is 0 Å². The molecule has 1 aliphatic heterocycles. The van der Waals surface area contributed by atoms with Gasteiger partial charge in [0.25, 0.3) is 0 Å². The van der Waals surface area contributed by atoms with Gasteiger partial charge in [0.05, 0.1) is 25.4 Å². The van der Waals surface area contributed by atoms with Gasteiger partial charge in [-0.25, -0.2) is 10.6 Å². The van der Waals surface area contributed by atoms with Crippen LogP contribution in [-0.2, 0) is 4.74 Å². The lowest BCUT2D eigenvalue weighted by Gasteiger charge is -2.20. The van der Waals surface area contributed by atoms with E-state index < -0.39 is 6.10 Å². The smallest absolute Gasteiger partial charge is 0.334 e. The van der Waals surface area contributed by atoms with Gasteiger partial charge < -0.3 is 14.7 Å². The zero-order valence-electron chi connectivity index (χ0n) is 10.2. The number of hydrogen-bond acceptors (Lipinski definition) is 4. The molecule has 1 fully saturated rings. The van der Waals surface area contributed by atoms with Crippen LogP contribution in [0, 0.1) is 0 Å². The maximum Gasteiger partial charge on any atom is 0.334 e. The number of rotatable bonds is 7. The van der Waals surface area contributed by atoms with Crippen molar-refractivity contribution in [3.8, 4) is 0 Å². The minimum atomic E-state index is -0.615. The molecule has 0 bridgehead atoms. The SMILES string of the molecule is C=CCOCC(O)CC1CN(CC)C(=O)N1N. The van der Waals surface area contributed by atoms with Crippen LogP contribution in [0.3, 0.4) is 0 Å². The quantitative estimate of drug-likeness (QED) is 0.284. The van der Waals surface area contributed by atoms with Crippen molar-refractivity contribution in [2.75, 3.05) is 26.3 Å². The first kappa shape index (κ1) is 14.0. The molecular weight excluding hydrogens is 222 g/mol. The van der Waals surface area contributed by atoms with Crippen molar-refractivity contribution in [1.29, 1.82) is 0 Å². The molecule has 0 aliphatic carbocycles. The Morgan fingerprint density at radius 3 is 3.00 bits per heavy atom. The number of urea groups is 1. The lowest BCUT2D eigenvalue weighted by molar-refractivity contribution is 0.0330. The van der Waals surface area contributed by atoms with Crippen molar-refractivity contribution in [1.82, 2.24) is 9.91 Å². The summed E-state index contributed by atoms with van der Waals surface area (Å²) in [4.78, 5) is 13.2. The number of ether oxygens (including phenoxy) is 1. The van der Waals surface area contributed by atoms with Crippen LogP contribution in [0.1, 0.15) is 13.3 Å². The largest absolute Gasteiger partial charge is 0.391 e. The average Bonchev–Trinajstić information content (AvgIpc) is 2.57. The zero-order chi connectivity index (χ0) is 12.8. The number of nitrogens with zero attached hydrogens (tertiary/aromatic N) is 2. The Labute approximate surface area is 102 Å². The van der Waals surface area contributed by atoms with E-state index in [1.807, 2.05) is 6.92 Å². The molecule has 6 nitrogen and oxygen atoms in total. The summed E-state index contributed by atoms with van der Waals surface area (Å²) in [5.41, 5.74) is 0. The molecule has 3 N–H and O–H groups in total. The normalized spacial score (nSPS) is 22.1. The monoisotopic (exact) mass is 243 g/mol. The Morgan fingerprint density at radius 2 is 2.47 bits per heavy atom. The second-order valence-electron chi connectivity index (χ2n) is 4.10. The van der Waals surface area contributed by atoms with E-state index in [1.165, 1.54) is 5.01 Å². The molecule has 1 heterocycles. The summed E-state index contributed by atoms with van der Waals surface area (Å²) < 4.78 is 5.14. The van der Waals surface area contributed by atoms with Gasteiger partial charge in [0.15, 0.2) is 0 Å². The maximum atomic E-state index is 11.6. The van der Waals surface area contributed by atoms with Gasteiger partial charge in [0.1, 0.15) is 0 Å². The highest BCUT2D eigenvalue weighted by atomic mass is 16.5. The summed E-state index contributed by atoms with van der Waals surface area (Å²) in [6.45, 7) is 7.25. The Balaban J connectivity index is 2.36. The summed E-state index contributed by atoms with van der Waals surface area (Å²) >= 11 is 0. The number of likely N-dealkylation sites (N-methyl/N-ethyl adjacent to an activating group) is 1. The summed E-state index contributed by atoms with van der Waals surface area (Å²) in [6, 6.07) is -0.332. The molecule has 1 rings (SSSR count). The van der Waals surface area contributed by atoms with Gasteiger partial charge in [0.2, 0.25) is 0 Å². The summed E-state index contributed by atoms with van der Waals surface area (Å²) in [6.07, 6.45) is 1.44. The highest BCUT2D eigenvalue weighted by molar-refractivity contribution is 5.76. The molecule has 1 saturated heterocycles. The minimum Gasteiger partial charge on any atom is -0.391 e. The fraction of sp³-hybridized carbons (Fsp3) is 0.727. The van der Waals surface area contributed by atoms with Crippen LogP contribution in [0.4, 0.5) is 4.79 Å². The third-order valence-corrected chi connectivity index (χ3v) is 2.79. The zero-order valence-corrected chi connectivity index (χ0v) is 10.2. The van der Waals surface area contributed by atoms with E-state index in [4.69, 9.17) is 10.6 Å². The molecule has 98 valence electrons. The topological polar surface area (TPSA) is 79.0 Å².